The van der Waals surface area contributed by atoms with Gasteiger partial charge in [-0.25, -0.2) is 0 Å². The molecular formula is H5CaIMgZn. The molecule has 0 rings (SSSR count). The van der Waals surface area contributed by atoms with Gasteiger partial charge in [0.15, 0.2) is 0 Å². The van der Waals surface area contributed by atoms with Gasteiger partial charge in [0.05, 0.1) is 0 Å². The van der Waals surface area contributed by atoms with Gasteiger partial charge in [-0.15, -0.1) is 24.0 Å². The molecule has 4 heteroatoms. The molecule has 0 saturated carbocycles. The molecule has 0 radical (unpaired) electrons. The topological polar surface area (TPSA) is 0 Å². The fourth-order valence-electron chi connectivity index (χ4n) is 0. The number of hydrogen-bond acceptors (Lipinski definition) is 0. The predicted molar refractivity (Wildman–Crippen MR) is 31.4 cm³/mol. The van der Waals surface area contributed by atoms with Crippen LogP contribution < -0.4 is 0 Å². The third kappa shape index (κ3) is 9.03. The molecule has 0 saturated heterocycles. The van der Waals surface area contributed by atoms with Crippen molar-refractivity contribution < 1.29 is 25.2 Å². The normalized spacial score (nSPS) is 0. The summed E-state index contributed by atoms with van der Waals surface area (Å²) in [6.45, 7) is 0. The first-order valence-corrected chi connectivity index (χ1v) is 0. The van der Waals surface area contributed by atoms with Crippen LogP contribution >= 0.6 is 24.0 Å². The summed E-state index contributed by atoms with van der Waals surface area (Å²) in [5.74, 6) is 0. The van der Waals surface area contributed by atoms with Crippen molar-refractivity contribution in [1.82, 2.24) is 0 Å². The molecule has 0 amide bonds. The SMILES string of the molecule is I.[Ca+2].[H-].[H-].[H-].[H-].[Mg+2].[Zn]. The Morgan fingerprint density at radius 1 is 1.25 bits per heavy atom. The second kappa shape index (κ2) is 16.2. The summed E-state index contributed by atoms with van der Waals surface area (Å²) in [4.78, 5) is 0. The maximum Gasteiger partial charge on any atom is 2.00 e. The summed E-state index contributed by atoms with van der Waals surface area (Å²) in [5.41, 5.74) is 0. The quantitative estimate of drug-likeness (QED) is 0.435. The molecule has 18 valence electrons. The predicted octanol–water partition coefficient (Wildman–Crippen LogP) is 0.304. The molecule has 4 heavy (non-hydrogen) atoms. The molecule has 0 aromatic rings. The summed E-state index contributed by atoms with van der Waals surface area (Å²) >= 11 is 0. The average Bonchev–Trinajstić information content (AvgIpc) is 0. The maximum absolute atomic E-state index is 0. The van der Waals surface area contributed by atoms with Crippen molar-refractivity contribution in [3.05, 3.63) is 0 Å². The molecular weight excluding hydrogens is 257 g/mol. The second-order valence-electron chi connectivity index (χ2n) is 0. The summed E-state index contributed by atoms with van der Waals surface area (Å²) in [5, 5.41) is 0. The Balaban J connectivity index is 0. The number of rotatable bonds is 0. The molecule has 0 unspecified atom stereocenters. The van der Waals surface area contributed by atoms with Gasteiger partial charge in [-0.05, 0) is 0 Å². The van der Waals surface area contributed by atoms with Gasteiger partial charge in [0.1, 0.15) is 0 Å². The minimum absolute atomic E-state index is 0. The molecule has 0 fully saturated rings. The minimum Gasteiger partial charge on any atom is -1.00 e. The van der Waals surface area contributed by atoms with Crippen LogP contribution in [0.15, 0.2) is 0 Å². The van der Waals surface area contributed by atoms with E-state index in [0.29, 0.717) is 0 Å². The molecule has 0 heterocycles. The van der Waals surface area contributed by atoms with Crippen LogP contribution in [0, 0.1) is 0 Å². The van der Waals surface area contributed by atoms with E-state index < -0.39 is 0 Å². The van der Waals surface area contributed by atoms with Crippen molar-refractivity contribution in [2.75, 3.05) is 0 Å². The van der Waals surface area contributed by atoms with E-state index in [2.05, 4.69) is 0 Å². The average molecular weight is 262 g/mol. The number of halogens is 1. The van der Waals surface area contributed by atoms with Crippen molar-refractivity contribution in [3.8, 4) is 0 Å². The van der Waals surface area contributed by atoms with Gasteiger partial charge in [-0.2, -0.15) is 0 Å². The van der Waals surface area contributed by atoms with E-state index >= 15 is 0 Å². The monoisotopic (exact) mass is 260 g/mol. The van der Waals surface area contributed by atoms with E-state index in [0.717, 1.165) is 0 Å². The van der Waals surface area contributed by atoms with Crippen molar-refractivity contribution in [3.63, 3.8) is 0 Å². The Labute approximate surface area is 108 Å². The third-order valence-corrected chi connectivity index (χ3v) is 0. The molecule has 0 nitrogen and oxygen atoms in total. The van der Waals surface area contributed by atoms with Gasteiger partial charge in [0, 0.05) is 19.5 Å². The first kappa shape index (κ1) is 26.3. The van der Waals surface area contributed by atoms with E-state index in [-0.39, 0.29) is 110 Å². The van der Waals surface area contributed by atoms with Crippen LogP contribution in [0.25, 0.3) is 0 Å². The minimum atomic E-state index is 0. The van der Waals surface area contributed by atoms with Crippen molar-refractivity contribution >= 4 is 84.8 Å². The first-order chi connectivity index (χ1) is 0. The zero-order valence-electron chi connectivity index (χ0n) is 6.53. The van der Waals surface area contributed by atoms with Gasteiger partial charge in [0.2, 0.25) is 0 Å². The zero-order chi connectivity index (χ0) is 0. The van der Waals surface area contributed by atoms with Gasteiger partial charge >= 0.3 is 60.8 Å². The van der Waals surface area contributed by atoms with Crippen LogP contribution in [0.1, 0.15) is 5.71 Å². The standard InChI is InChI=1S/Ca.HI.Mg.Zn.4H/h;1H;;;;;;/q+2;;+2;;4*-1. The molecule has 0 aliphatic rings. The van der Waals surface area contributed by atoms with Crippen LogP contribution in [0.4, 0.5) is 0 Å². The molecule has 0 spiro atoms. The molecule has 0 atom stereocenters. The van der Waals surface area contributed by atoms with Crippen molar-refractivity contribution in [2.24, 2.45) is 0 Å². The van der Waals surface area contributed by atoms with Crippen LogP contribution in [-0.4, -0.2) is 60.8 Å². The summed E-state index contributed by atoms with van der Waals surface area (Å²) in [7, 11) is 0. The Bertz CT molecular complexity index is 16.0. The van der Waals surface area contributed by atoms with Gasteiger partial charge < -0.3 is 5.71 Å². The summed E-state index contributed by atoms with van der Waals surface area (Å²) in [6, 6.07) is 0. The maximum atomic E-state index is 0. The second-order valence-corrected chi connectivity index (χ2v) is 0. The Morgan fingerprint density at radius 3 is 1.25 bits per heavy atom. The first-order valence-electron chi connectivity index (χ1n) is 0. The molecule has 0 aromatic heterocycles. The Morgan fingerprint density at radius 2 is 1.25 bits per heavy atom. The van der Waals surface area contributed by atoms with Gasteiger partial charge in [-0.1, -0.05) is 0 Å². The number of hydrogen-bond donors (Lipinski definition) is 0. The van der Waals surface area contributed by atoms with E-state index in [9.17, 15) is 0 Å². The largest absolute Gasteiger partial charge is 2.00 e. The fourth-order valence-corrected chi connectivity index (χ4v) is 0. The molecule has 0 aliphatic heterocycles. The summed E-state index contributed by atoms with van der Waals surface area (Å²) < 4.78 is 0. The van der Waals surface area contributed by atoms with Crippen LogP contribution in [0.5, 0.6) is 0 Å². The molecule has 0 bridgehead atoms. The van der Waals surface area contributed by atoms with E-state index in [4.69, 9.17) is 0 Å². The smallest absolute Gasteiger partial charge is 1.00 e. The fraction of sp³-hybridized carbons (Fsp3) is 0. The Kier molecular flexibility index (Phi) is 106. The third-order valence-electron chi connectivity index (χ3n) is 0. The molecule has 0 N–H and O–H groups in total. The summed E-state index contributed by atoms with van der Waals surface area (Å²) in [6.07, 6.45) is 0. The van der Waals surface area contributed by atoms with Gasteiger partial charge in [-0.3, -0.25) is 0 Å². The van der Waals surface area contributed by atoms with Gasteiger partial charge in [0.25, 0.3) is 0 Å². The molecule has 0 aliphatic carbocycles. The van der Waals surface area contributed by atoms with E-state index in [1.165, 1.54) is 0 Å². The van der Waals surface area contributed by atoms with E-state index in [1.807, 2.05) is 0 Å². The van der Waals surface area contributed by atoms with Crippen LogP contribution in [0.2, 0.25) is 0 Å². The Hall–Kier alpha value is 3.38. The van der Waals surface area contributed by atoms with Crippen molar-refractivity contribution in [2.45, 2.75) is 0 Å². The van der Waals surface area contributed by atoms with Crippen LogP contribution in [0.3, 0.4) is 0 Å². The van der Waals surface area contributed by atoms with Crippen LogP contribution in [-0.2, 0) is 19.5 Å². The van der Waals surface area contributed by atoms with E-state index in [1.54, 1.807) is 0 Å². The molecule has 0 aromatic carbocycles. The van der Waals surface area contributed by atoms with Crippen molar-refractivity contribution in [1.29, 1.82) is 0 Å². The zero-order valence-corrected chi connectivity index (χ0v) is 11.4.